The summed E-state index contributed by atoms with van der Waals surface area (Å²) in [5.41, 5.74) is 10.3. The Morgan fingerprint density at radius 3 is 0.648 bits per heavy atom. The molecule has 0 aromatic heterocycles. The molecule has 54 heavy (non-hydrogen) atoms. The van der Waals surface area contributed by atoms with Gasteiger partial charge in [0.15, 0.2) is 0 Å². The van der Waals surface area contributed by atoms with E-state index in [2.05, 4.69) is 198 Å². The minimum Gasteiger partial charge on any atom is -0.272 e. The van der Waals surface area contributed by atoms with E-state index < -0.39 is 0 Å². The molecule has 272 valence electrons. The van der Waals surface area contributed by atoms with Crippen molar-refractivity contribution < 1.29 is 47.8 Å². The quantitative estimate of drug-likeness (QED) is 0.141. The Hall–Kier alpha value is -3.14. The predicted octanol–water partition coefficient (Wildman–Crippen LogP) is 13.7. The van der Waals surface area contributed by atoms with E-state index in [-0.39, 0.29) is 24.8 Å². The molecule has 0 N–H and O–H groups in total. The molecule has 8 rings (SSSR count). The topological polar surface area (TPSA) is 0 Å². The van der Waals surface area contributed by atoms with Crippen molar-refractivity contribution in [1.29, 1.82) is 0 Å². The van der Waals surface area contributed by atoms with Crippen molar-refractivity contribution in [2.45, 2.75) is 53.4 Å². The average molecular weight is 1080 g/mol. The molecule has 0 saturated heterocycles. The van der Waals surface area contributed by atoms with Crippen LogP contribution < -0.4 is 0 Å². The van der Waals surface area contributed by atoms with Crippen LogP contribution in [0, 0.1) is 24.3 Å². The number of hydrogen-bond donors (Lipinski definition) is 0. The molecule has 4 aliphatic carbocycles. The van der Waals surface area contributed by atoms with Crippen LogP contribution in [-0.4, -0.2) is 6.51 Å². The zero-order valence-electron chi connectivity index (χ0n) is 31.8. The molecule has 0 amide bonds. The van der Waals surface area contributed by atoms with E-state index in [1.54, 1.807) is 6.51 Å². The van der Waals surface area contributed by atoms with Crippen LogP contribution in [0.4, 0.5) is 0 Å². The first-order valence-corrected chi connectivity index (χ1v) is 21.2. The summed E-state index contributed by atoms with van der Waals surface area (Å²) >= 11 is 2.53. The van der Waals surface area contributed by atoms with Gasteiger partial charge in [0.2, 0.25) is 0 Å². The minimum atomic E-state index is 0. The second-order valence-corrected chi connectivity index (χ2v) is 19.5. The Bertz CT molecular complexity index is 1630. The van der Waals surface area contributed by atoms with E-state index in [0.29, 0.717) is 0 Å². The van der Waals surface area contributed by atoms with E-state index in [4.69, 9.17) is 0 Å². The van der Waals surface area contributed by atoms with E-state index in [1.807, 2.05) is 24.3 Å². The number of hydrogen-bond acceptors (Lipinski definition) is 0. The summed E-state index contributed by atoms with van der Waals surface area (Å²) in [5.74, 6) is 0. The fourth-order valence-electron chi connectivity index (χ4n) is 4.91. The maximum atomic E-state index is 3.15. The van der Waals surface area contributed by atoms with Crippen LogP contribution in [0.2, 0.25) is 0 Å². The zero-order chi connectivity index (χ0) is 37.2. The first kappa shape index (κ1) is 48.9. The van der Waals surface area contributed by atoms with Crippen molar-refractivity contribution in [1.82, 2.24) is 0 Å². The van der Waals surface area contributed by atoms with Gasteiger partial charge in [-0.2, -0.15) is 46.6 Å². The molecule has 0 atom stereocenters. The van der Waals surface area contributed by atoms with Gasteiger partial charge in [0.1, 0.15) is 0 Å². The van der Waals surface area contributed by atoms with Crippen LogP contribution in [0.1, 0.15) is 75.6 Å². The van der Waals surface area contributed by atoms with Crippen LogP contribution in [0.15, 0.2) is 170 Å². The summed E-state index contributed by atoms with van der Waals surface area (Å²) in [7, 11) is 0. The largest absolute Gasteiger partial charge is 0.272 e. The monoisotopic (exact) mass is 1080 g/mol. The second kappa shape index (κ2) is 30.1. The summed E-state index contributed by atoms with van der Waals surface area (Å²) in [6.07, 6.45) is 33.4. The first-order valence-electron chi connectivity index (χ1n) is 17.7. The molecule has 4 aromatic rings. The molecule has 0 unspecified atom stereocenters. The number of halogens is 2. The summed E-state index contributed by atoms with van der Waals surface area (Å²) < 4.78 is 3.11. The maximum absolute atomic E-state index is 3.15. The van der Waals surface area contributed by atoms with E-state index in [0.717, 1.165) is 25.7 Å². The molecule has 0 aliphatic heterocycles. The molecular weight excluding hydrogens is 1030 g/mol. The van der Waals surface area contributed by atoms with Crippen LogP contribution in [-0.2, 0) is 47.8 Å². The van der Waals surface area contributed by atoms with Crippen molar-refractivity contribution in [3.8, 4) is 0 Å². The third-order valence-electron chi connectivity index (χ3n) is 7.22. The summed E-state index contributed by atoms with van der Waals surface area (Å²) in [5, 5.41) is 0. The summed E-state index contributed by atoms with van der Waals surface area (Å²) in [6.45, 7) is 8.58. The molecular formula is C50H50Cl2Hf2. The van der Waals surface area contributed by atoms with Crippen molar-refractivity contribution in [3.05, 3.63) is 216 Å². The van der Waals surface area contributed by atoms with Gasteiger partial charge in [-0.25, -0.2) is 24.3 Å². The van der Waals surface area contributed by atoms with Crippen molar-refractivity contribution >= 4 is 53.6 Å². The third-order valence-corrected chi connectivity index (χ3v) is 7.22. The maximum Gasteiger partial charge on any atom is -0.0623 e. The van der Waals surface area contributed by atoms with Gasteiger partial charge in [0.25, 0.3) is 0 Å². The smallest absolute Gasteiger partial charge is 0.0623 e. The van der Waals surface area contributed by atoms with Crippen molar-refractivity contribution in [2.24, 2.45) is 0 Å². The first-order chi connectivity index (χ1) is 25.3. The van der Waals surface area contributed by atoms with Gasteiger partial charge in [-0.05, 0) is 0 Å². The Morgan fingerprint density at radius 1 is 0.352 bits per heavy atom. The SMILES string of the molecule is C[C](C)=[Hf+2].C[C](C)=[Hf+2].Cl.Cl.[C-]1=CC(c2ccccc2)=CC1.[C-]1=CC(c2ccccc2)=CC1.[C-]1=CC(c2ccccc2)=CC1.[C-]1=CC(c2ccccc2)=CC1. The molecule has 0 heterocycles. The van der Waals surface area contributed by atoms with Gasteiger partial charge in [-0.3, -0.25) is 24.3 Å². The summed E-state index contributed by atoms with van der Waals surface area (Å²) in [4.78, 5) is 0. The summed E-state index contributed by atoms with van der Waals surface area (Å²) in [6, 6.07) is 41.6. The Labute approximate surface area is 367 Å². The molecule has 0 bridgehead atoms. The zero-order valence-corrected chi connectivity index (χ0v) is 40.6. The molecule has 0 saturated carbocycles. The molecule has 0 fully saturated rings. The normalized spacial score (nSPS) is 13.3. The Kier molecular flexibility index (Phi) is 27.3. The third kappa shape index (κ3) is 21.1. The van der Waals surface area contributed by atoms with Crippen molar-refractivity contribution in [2.75, 3.05) is 0 Å². The number of allylic oxidation sites excluding steroid dienone is 16. The van der Waals surface area contributed by atoms with Gasteiger partial charge >= 0.3 is 82.0 Å². The molecule has 0 spiro atoms. The molecule has 4 aromatic carbocycles. The minimum absolute atomic E-state index is 0. The van der Waals surface area contributed by atoms with E-state index in [1.165, 1.54) is 92.3 Å². The van der Waals surface area contributed by atoms with Crippen LogP contribution >= 0.6 is 24.8 Å². The van der Waals surface area contributed by atoms with Gasteiger partial charge in [-0.15, -0.1) is 72.8 Å². The Balaban J connectivity index is 0.000000334. The van der Waals surface area contributed by atoms with E-state index >= 15 is 0 Å². The molecule has 0 radical (unpaired) electrons. The van der Waals surface area contributed by atoms with E-state index in [9.17, 15) is 0 Å². The number of benzene rings is 4. The standard InChI is InChI=1S/4C11H9.2C3H6.2ClH.2Hf/c4*1-2-6-10(7-3-1)11-8-4-5-9-11;2*1-3-2;;;;/h4*1-3,6-9H,4H2;2*1-2H3;2*1H;;/q4*-1;;;;;2*+2. The Morgan fingerprint density at radius 2 is 0.519 bits per heavy atom. The van der Waals surface area contributed by atoms with Crippen LogP contribution in [0.3, 0.4) is 0 Å². The van der Waals surface area contributed by atoms with Gasteiger partial charge in [0, 0.05) is 0 Å². The molecule has 4 heteroatoms. The average Bonchev–Trinajstić information content (AvgIpc) is 4.02. The predicted molar refractivity (Wildman–Crippen MR) is 235 cm³/mol. The fourth-order valence-corrected chi connectivity index (χ4v) is 4.91. The fraction of sp³-hybridized carbons (Fsp3) is 0.160. The van der Waals surface area contributed by atoms with Gasteiger partial charge in [0.05, 0.1) is 0 Å². The van der Waals surface area contributed by atoms with Crippen LogP contribution in [0.25, 0.3) is 22.3 Å². The second-order valence-electron chi connectivity index (χ2n) is 12.3. The van der Waals surface area contributed by atoms with Crippen molar-refractivity contribution in [3.63, 3.8) is 0 Å². The van der Waals surface area contributed by atoms with Gasteiger partial charge in [-0.1, -0.05) is 121 Å². The van der Waals surface area contributed by atoms with Crippen LogP contribution in [0.5, 0.6) is 0 Å². The molecule has 4 aliphatic rings. The number of rotatable bonds is 4. The van der Waals surface area contributed by atoms with Gasteiger partial charge < -0.3 is 0 Å². The molecule has 0 nitrogen and oxygen atoms in total.